The minimum Gasteiger partial charge on any atom is -0.507 e. The Morgan fingerprint density at radius 1 is 0.905 bits per heavy atom. The first kappa shape index (κ1) is 15.2. The average molecular weight is 325 g/mol. The quantitative estimate of drug-likeness (QED) is 0.743. The Morgan fingerprint density at radius 2 is 1.57 bits per heavy atom. The van der Waals surface area contributed by atoms with E-state index in [0.717, 1.165) is 0 Å². The fraction of sp³-hybridized carbons (Fsp3) is 0. The molecule has 0 aliphatic heterocycles. The molecule has 2 aromatic rings. The van der Waals surface area contributed by atoms with Crippen molar-refractivity contribution in [1.82, 2.24) is 10.9 Å². The van der Waals surface area contributed by atoms with Crippen molar-refractivity contribution in [3.63, 3.8) is 0 Å². The summed E-state index contributed by atoms with van der Waals surface area (Å²) in [4.78, 5) is 23.7. The maximum absolute atomic E-state index is 11.8. The molecule has 2 aromatic carbocycles. The molecule has 0 saturated heterocycles. The van der Waals surface area contributed by atoms with Gasteiger partial charge in [-0.1, -0.05) is 29.3 Å². The van der Waals surface area contributed by atoms with Gasteiger partial charge in [-0.2, -0.15) is 0 Å². The van der Waals surface area contributed by atoms with Gasteiger partial charge < -0.3 is 5.11 Å². The minimum atomic E-state index is -0.689. The number of hydrogen-bond acceptors (Lipinski definition) is 3. The Kier molecular flexibility index (Phi) is 4.67. The molecule has 0 unspecified atom stereocenters. The fourth-order valence-electron chi connectivity index (χ4n) is 1.57. The van der Waals surface area contributed by atoms with Crippen LogP contribution in [-0.2, 0) is 0 Å². The number of phenolic OH excluding ortho intramolecular Hbond substituents is 1. The van der Waals surface area contributed by atoms with E-state index in [0.29, 0.717) is 10.0 Å². The molecule has 0 radical (unpaired) electrons. The van der Waals surface area contributed by atoms with Gasteiger partial charge >= 0.3 is 0 Å². The molecular weight excluding hydrogens is 315 g/mol. The van der Waals surface area contributed by atoms with Crippen LogP contribution in [0.25, 0.3) is 0 Å². The lowest BCUT2D eigenvalue weighted by Gasteiger charge is -2.09. The molecule has 0 bridgehead atoms. The predicted octanol–water partition coefficient (Wildman–Crippen LogP) is 2.77. The van der Waals surface area contributed by atoms with Crippen LogP contribution in [0.2, 0.25) is 10.0 Å². The molecule has 0 aliphatic rings. The van der Waals surface area contributed by atoms with Crippen LogP contribution in [0.1, 0.15) is 20.7 Å². The summed E-state index contributed by atoms with van der Waals surface area (Å²) < 4.78 is 0. The highest BCUT2D eigenvalue weighted by molar-refractivity contribution is 6.31. The van der Waals surface area contributed by atoms with Gasteiger partial charge in [0.1, 0.15) is 5.75 Å². The van der Waals surface area contributed by atoms with E-state index in [4.69, 9.17) is 23.2 Å². The second kappa shape index (κ2) is 6.47. The topological polar surface area (TPSA) is 78.4 Å². The van der Waals surface area contributed by atoms with Crippen LogP contribution in [0.15, 0.2) is 42.5 Å². The Bertz CT molecular complexity index is 704. The van der Waals surface area contributed by atoms with Crippen LogP contribution >= 0.6 is 23.2 Å². The second-order valence-corrected chi connectivity index (χ2v) is 4.95. The number of benzene rings is 2. The summed E-state index contributed by atoms with van der Waals surface area (Å²) in [6.07, 6.45) is 0. The van der Waals surface area contributed by atoms with E-state index in [9.17, 15) is 14.7 Å². The molecule has 2 rings (SSSR count). The van der Waals surface area contributed by atoms with Crippen molar-refractivity contribution in [3.05, 3.63) is 63.6 Å². The molecule has 0 aromatic heterocycles. The van der Waals surface area contributed by atoms with Crippen LogP contribution in [-0.4, -0.2) is 16.9 Å². The minimum absolute atomic E-state index is 0.0473. The smallest absolute Gasteiger partial charge is 0.273 e. The monoisotopic (exact) mass is 324 g/mol. The third-order valence-corrected chi connectivity index (χ3v) is 3.05. The first-order chi connectivity index (χ1) is 9.97. The molecule has 0 spiro atoms. The summed E-state index contributed by atoms with van der Waals surface area (Å²) in [6.45, 7) is 0. The van der Waals surface area contributed by atoms with Gasteiger partial charge in [0, 0.05) is 15.6 Å². The van der Waals surface area contributed by atoms with Crippen molar-refractivity contribution in [3.8, 4) is 5.75 Å². The largest absolute Gasteiger partial charge is 0.507 e. The maximum Gasteiger partial charge on any atom is 0.273 e. The van der Waals surface area contributed by atoms with Gasteiger partial charge in [-0.15, -0.1) is 0 Å². The molecule has 2 amide bonds. The van der Waals surface area contributed by atoms with Crippen molar-refractivity contribution in [1.29, 1.82) is 0 Å². The van der Waals surface area contributed by atoms with Crippen molar-refractivity contribution in [2.24, 2.45) is 0 Å². The molecule has 0 atom stereocenters. The Balaban J connectivity index is 2.04. The molecule has 21 heavy (non-hydrogen) atoms. The molecule has 0 heterocycles. The van der Waals surface area contributed by atoms with Crippen LogP contribution in [0, 0.1) is 0 Å². The highest BCUT2D eigenvalue weighted by Crippen LogP contribution is 2.21. The van der Waals surface area contributed by atoms with Gasteiger partial charge in [-0.25, -0.2) is 0 Å². The number of amides is 2. The molecule has 0 fully saturated rings. The van der Waals surface area contributed by atoms with Gasteiger partial charge in [-0.05, 0) is 36.4 Å². The zero-order chi connectivity index (χ0) is 15.4. The first-order valence-electron chi connectivity index (χ1n) is 5.82. The number of carbonyl (C=O) groups is 2. The fourth-order valence-corrected chi connectivity index (χ4v) is 1.94. The van der Waals surface area contributed by atoms with E-state index in [1.165, 1.54) is 24.3 Å². The zero-order valence-corrected chi connectivity index (χ0v) is 12.1. The van der Waals surface area contributed by atoms with E-state index >= 15 is 0 Å². The first-order valence-corrected chi connectivity index (χ1v) is 6.58. The third-order valence-electron chi connectivity index (χ3n) is 2.58. The Morgan fingerprint density at radius 3 is 2.29 bits per heavy atom. The van der Waals surface area contributed by atoms with Crippen molar-refractivity contribution in [2.75, 3.05) is 0 Å². The Hall–Kier alpha value is -2.24. The molecule has 0 aliphatic carbocycles. The van der Waals surface area contributed by atoms with Gasteiger partial charge in [0.2, 0.25) is 0 Å². The lowest BCUT2D eigenvalue weighted by molar-refractivity contribution is 0.0845. The SMILES string of the molecule is O=C(NNC(=O)c1cc(Cl)ccc1O)c1cccc(Cl)c1. The van der Waals surface area contributed by atoms with E-state index < -0.39 is 11.8 Å². The maximum atomic E-state index is 11.8. The molecule has 5 nitrogen and oxygen atoms in total. The number of hydrogen-bond donors (Lipinski definition) is 3. The van der Waals surface area contributed by atoms with Crippen molar-refractivity contribution < 1.29 is 14.7 Å². The predicted molar refractivity (Wildman–Crippen MR) is 79.5 cm³/mol. The van der Waals surface area contributed by atoms with Crippen molar-refractivity contribution >= 4 is 35.0 Å². The van der Waals surface area contributed by atoms with Gasteiger partial charge in [0.15, 0.2) is 0 Å². The van der Waals surface area contributed by atoms with Crippen LogP contribution in [0.3, 0.4) is 0 Å². The van der Waals surface area contributed by atoms with Crippen LogP contribution in [0.5, 0.6) is 5.75 Å². The molecule has 0 saturated carbocycles. The number of hydrazine groups is 1. The van der Waals surface area contributed by atoms with Gasteiger partial charge in [0.05, 0.1) is 5.56 Å². The highest BCUT2D eigenvalue weighted by Gasteiger charge is 2.13. The van der Waals surface area contributed by atoms with Gasteiger partial charge in [-0.3, -0.25) is 20.4 Å². The number of rotatable bonds is 2. The van der Waals surface area contributed by atoms with E-state index in [2.05, 4.69) is 10.9 Å². The molecule has 3 N–H and O–H groups in total. The number of phenols is 1. The van der Waals surface area contributed by atoms with E-state index in [1.807, 2.05) is 0 Å². The summed E-state index contributed by atoms with van der Waals surface area (Å²) in [5, 5.41) is 10.3. The lowest BCUT2D eigenvalue weighted by Crippen LogP contribution is -2.41. The van der Waals surface area contributed by atoms with Crippen molar-refractivity contribution in [2.45, 2.75) is 0 Å². The summed E-state index contributed by atoms with van der Waals surface area (Å²) in [5.74, 6) is -1.47. The van der Waals surface area contributed by atoms with Crippen LogP contribution in [0.4, 0.5) is 0 Å². The summed E-state index contributed by atoms with van der Waals surface area (Å²) in [5.41, 5.74) is 4.65. The summed E-state index contributed by atoms with van der Waals surface area (Å²) >= 11 is 11.5. The van der Waals surface area contributed by atoms with Gasteiger partial charge in [0.25, 0.3) is 11.8 Å². The number of aromatic hydroxyl groups is 1. The number of nitrogens with one attached hydrogen (secondary N) is 2. The molecule has 108 valence electrons. The molecule has 7 heteroatoms. The zero-order valence-electron chi connectivity index (χ0n) is 10.6. The van der Waals surface area contributed by atoms with E-state index in [1.54, 1.807) is 18.2 Å². The summed E-state index contributed by atoms with van der Waals surface area (Å²) in [7, 11) is 0. The van der Waals surface area contributed by atoms with E-state index in [-0.39, 0.29) is 16.9 Å². The normalized spacial score (nSPS) is 10.0. The standard InChI is InChI=1S/C14H10Cl2N2O3/c15-9-3-1-2-8(6-9)13(20)17-18-14(21)11-7-10(16)4-5-12(11)19/h1-7,19H,(H,17,20)(H,18,21). The summed E-state index contributed by atoms with van der Waals surface area (Å²) in [6, 6.07) is 10.3. The number of carbonyl (C=O) groups excluding carboxylic acids is 2. The lowest BCUT2D eigenvalue weighted by atomic mass is 10.2. The average Bonchev–Trinajstić information content (AvgIpc) is 2.47. The number of halogens is 2. The third kappa shape index (κ3) is 3.87. The van der Waals surface area contributed by atoms with Crippen LogP contribution < -0.4 is 10.9 Å². The Labute approximate surface area is 130 Å². The molecular formula is C14H10Cl2N2O3. The second-order valence-electron chi connectivity index (χ2n) is 4.08. The highest BCUT2D eigenvalue weighted by atomic mass is 35.5.